The lowest BCUT2D eigenvalue weighted by Gasteiger charge is -2.32. The Morgan fingerprint density at radius 1 is 1.42 bits per heavy atom. The topological polar surface area (TPSA) is 88.9 Å². The average molecular weight is 352 g/mol. The van der Waals surface area contributed by atoms with Crippen LogP contribution in [0.25, 0.3) is 11.3 Å². The maximum absolute atomic E-state index is 12.9. The monoisotopic (exact) mass is 352 g/mol. The second-order valence-corrected chi connectivity index (χ2v) is 6.37. The van der Waals surface area contributed by atoms with Crippen LogP contribution >= 0.6 is 0 Å². The van der Waals surface area contributed by atoms with Gasteiger partial charge in [0.2, 0.25) is 0 Å². The molecular formula is C18H20N6O2. The zero-order chi connectivity index (χ0) is 18.1. The average Bonchev–Trinajstić information content (AvgIpc) is 3.28. The van der Waals surface area contributed by atoms with Crippen molar-refractivity contribution in [3.63, 3.8) is 0 Å². The lowest BCUT2D eigenvalue weighted by molar-refractivity contribution is -0.0281. The minimum absolute atomic E-state index is 0.0909. The Hall–Kier alpha value is -3.00. The molecule has 3 aromatic heterocycles. The van der Waals surface area contributed by atoms with Crippen molar-refractivity contribution in [1.29, 1.82) is 0 Å². The van der Waals surface area contributed by atoms with Crippen molar-refractivity contribution in [2.24, 2.45) is 7.05 Å². The maximum Gasteiger partial charge on any atom is 0.272 e. The third kappa shape index (κ3) is 3.11. The molecule has 1 aliphatic rings. The molecule has 0 radical (unpaired) electrons. The highest BCUT2D eigenvalue weighted by molar-refractivity contribution is 5.93. The molecule has 1 fully saturated rings. The molecule has 3 aromatic rings. The van der Waals surface area contributed by atoms with Gasteiger partial charge in [-0.25, -0.2) is 4.98 Å². The third-order valence-electron chi connectivity index (χ3n) is 4.44. The number of ether oxygens (including phenoxy) is 1. The molecule has 4 rings (SSSR count). The zero-order valence-corrected chi connectivity index (χ0v) is 14.7. The highest BCUT2D eigenvalue weighted by atomic mass is 16.5. The van der Waals surface area contributed by atoms with Gasteiger partial charge in [-0.15, -0.1) is 0 Å². The summed E-state index contributed by atoms with van der Waals surface area (Å²) in [5, 5.41) is 7.08. The van der Waals surface area contributed by atoms with Gasteiger partial charge in [0.05, 0.1) is 24.5 Å². The first kappa shape index (κ1) is 16.5. The molecule has 0 aromatic carbocycles. The second kappa shape index (κ2) is 6.72. The number of carbonyl (C=O) groups excluding carboxylic acids is 1. The molecule has 0 bridgehead atoms. The Bertz CT molecular complexity index is 917. The number of hydrogen-bond acceptors (Lipinski definition) is 5. The maximum atomic E-state index is 12.9. The molecule has 1 aliphatic heterocycles. The van der Waals surface area contributed by atoms with Gasteiger partial charge in [-0.05, 0) is 25.1 Å². The molecule has 1 amide bonds. The molecule has 8 heteroatoms. The summed E-state index contributed by atoms with van der Waals surface area (Å²) < 4.78 is 7.79. The normalized spacial score (nSPS) is 17.5. The van der Waals surface area contributed by atoms with E-state index in [0.717, 1.165) is 17.1 Å². The first-order valence-corrected chi connectivity index (χ1v) is 8.48. The van der Waals surface area contributed by atoms with Crippen molar-refractivity contribution >= 4 is 5.91 Å². The van der Waals surface area contributed by atoms with E-state index in [-0.39, 0.29) is 12.0 Å². The number of morpholine rings is 1. The van der Waals surface area contributed by atoms with E-state index >= 15 is 0 Å². The summed E-state index contributed by atoms with van der Waals surface area (Å²) in [5.41, 5.74) is 2.96. The van der Waals surface area contributed by atoms with Gasteiger partial charge in [0.25, 0.3) is 5.91 Å². The Balaban J connectivity index is 1.51. The lowest BCUT2D eigenvalue weighted by atomic mass is 10.2. The van der Waals surface area contributed by atoms with Crippen LogP contribution in [0.3, 0.4) is 0 Å². The van der Waals surface area contributed by atoms with Crippen LogP contribution in [-0.4, -0.2) is 55.2 Å². The molecule has 4 heterocycles. The van der Waals surface area contributed by atoms with E-state index in [2.05, 4.69) is 20.2 Å². The number of carbonyl (C=O) groups is 1. The van der Waals surface area contributed by atoms with E-state index in [1.165, 1.54) is 0 Å². The molecule has 1 atom stereocenters. The lowest BCUT2D eigenvalue weighted by Crippen LogP contribution is -2.43. The summed E-state index contributed by atoms with van der Waals surface area (Å²) in [6, 6.07) is 5.51. The molecule has 1 N–H and O–H groups in total. The SMILES string of the molecule is Cc1cn(C)c([C@H]2CN(C(=O)c3cc(-c4cccnc4)n[nH]3)CCO2)n1. The first-order chi connectivity index (χ1) is 12.6. The predicted octanol–water partition coefficient (Wildman–Crippen LogP) is 1.73. The number of aryl methyl sites for hydroxylation is 2. The van der Waals surface area contributed by atoms with E-state index in [9.17, 15) is 4.79 Å². The number of hydrogen-bond donors (Lipinski definition) is 1. The fourth-order valence-corrected chi connectivity index (χ4v) is 3.19. The Kier molecular flexibility index (Phi) is 4.26. The standard InChI is InChI=1S/C18H20N6O2/c1-12-10-23(2)17(20-12)16-11-24(6-7-26-16)18(25)15-8-14(21-22-15)13-4-3-5-19-9-13/h3-5,8-10,16H,6-7,11H2,1-2H3,(H,21,22)/t16-/m1/s1. The number of amides is 1. The minimum atomic E-state index is -0.230. The van der Waals surface area contributed by atoms with Crippen LogP contribution in [0, 0.1) is 6.92 Å². The van der Waals surface area contributed by atoms with Gasteiger partial charge in [-0.1, -0.05) is 0 Å². The summed E-state index contributed by atoms with van der Waals surface area (Å²) in [5.74, 6) is 0.743. The molecule has 1 saturated heterocycles. The van der Waals surface area contributed by atoms with Gasteiger partial charge in [0.15, 0.2) is 0 Å². The molecule has 0 spiro atoms. The first-order valence-electron chi connectivity index (χ1n) is 8.48. The smallest absolute Gasteiger partial charge is 0.272 e. The van der Waals surface area contributed by atoms with E-state index in [0.29, 0.717) is 31.1 Å². The third-order valence-corrected chi connectivity index (χ3v) is 4.44. The van der Waals surface area contributed by atoms with E-state index in [1.807, 2.05) is 36.9 Å². The molecule has 0 saturated carbocycles. The molecule has 8 nitrogen and oxygen atoms in total. The molecule has 26 heavy (non-hydrogen) atoms. The van der Waals surface area contributed by atoms with Crippen LogP contribution in [0.15, 0.2) is 36.8 Å². The number of rotatable bonds is 3. The fraction of sp³-hybridized carbons (Fsp3) is 0.333. The largest absolute Gasteiger partial charge is 0.367 e. The highest BCUT2D eigenvalue weighted by Gasteiger charge is 2.29. The van der Waals surface area contributed by atoms with Crippen molar-refractivity contribution in [2.45, 2.75) is 13.0 Å². The Morgan fingerprint density at radius 3 is 3.04 bits per heavy atom. The Labute approximate surface area is 150 Å². The number of nitrogens with one attached hydrogen (secondary N) is 1. The number of H-pyrrole nitrogens is 1. The predicted molar refractivity (Wildman–Crippen MR) is 94.4 cm³/mol. The second-order valence-electron chi connectivity index (χ2n) is 6.37. The van der Waals surface area contributed by atoms with Gasteiger partial charge >= 0.3 is 0 Å². The van der Waals surface area contributed by atoms with Crippen LogP contribution in [0.4, 0.5) is 0 Å². The summed E-state index contributed by atoms with van der Waals surface area (Å²) in [6.07, 6.45) is 5.15. The Morgan fingerprint density at radius 2 is 2.31 bits per heavy atom. The summed E-state index contributed by atoms with van der Waals surface area (Å²) in [6.45, 7) is 3.43. The number of aromatic amines is 1. The van der Waals surface area contributed by atoms with Gasteiger partial charge in [0.1, 0.15) is 17.6 Å². The molecule has 0 unspecified atom stereocenters. The number of pyridine rings is 1. The van der Waals surface area contributed by atoms with Gasteiger partial charge in [-0.3, -0.25) is 14.9 Å². The van der Waals surface area contributed by atoms with Crippen molar-refractivity contribution < 1.29 is 9.53 Å². The molecule has 0 aliphatic carbocycles. The van der Waals surface area contributed by atoms with E-state index in [4.69, 9.17) is 4.74 Å². The van der Waals surface area contributed by atoms with Crippen molar-refractivity contribution in [1.82, 2.24) is 29.6 Å². The van der Waals surface area contributed by atoms with E-state index < -0.39 is 0 Å². The van der Waals surface area contributed by atoms with Crippen LogP contribution in [0.2, 0.25) is 0 Å². The van der Waals surface area contributed by atoms with Crippen LogP contribution in [-0.2, 0) is 11.8 Å². The van der Waals surface area contributed by atoms with Gasteiger partial charge in [-0.2, -0.15) is 5.10 Å². The fourth-order valence-electron chi connectivity index (χ4n) is 3.19. The summed E-state index contributed by atoms with van der Waals surface area (Å²) in [4.78, 5) is 23.2. The van der Waals surface area contributed by atoms with Gasteiger partial charge < -0.3 is 14.2 Å². The van der Waals surface area contributed by atoms with Crippen LogP contribution in [0.5, 0.6) is 0 Å². The zero-order valence-electron chi connectivity index (χ0n) is 14.7. The quantitative estimate of drug-likeness (QED) is 0.775. The van der Waals surface area contributed by atoms with Crippen LogP contribution < -0.4 is 0 Å². The number of aromatic nitrogens is 5. The van der Waals surface area contributed by atoms with Crippen LogP contribution in [0.1, 0.15) is 28.1 Å². The van der Waals surface area contributed by atoms with Crippen molar-refractivity contribution in [3.05, 3.63) is 54.0 Å². The highest BCUT2D eigenvalue weighted by Crippen LogP contribution is 2.23. The minimum Gasteiger partial charge on any atom is -0.367 e. The number of nitrogens with zero attached hydrogens (tertiary/aromatic N) is 5. The summed E-state index contributed by atoms with van der Waals surface area (Å²) in [7, 11) is 1.94. The molecule has 134 valence electrons. The number of imidazole rings is 1. The van der Waals surface area contributed by atoms with E-state index in [1.54, 1.807) is 23.4 Å². The summed E-state index contributed by atoms with van der Waals surface area (Å²) >= 11 is 0. The van der Waals surface area contributed by atoms with Crippen molar-refractivity contribution in [3.8, 4) is 11.3 Å². The molecular weight excluding hydrogens is 332 g/mol. The van der Waals surface area contributed by atoms with Gasteiger partial charge in [0, 0.05) is 37.7 Å². The van der Waals surface area contributed by atoms with Crippen molar-refractivity contribution in [2.75, 3.05) is 19.7 Å².